The molecule has 0 unspecified atom stereocenters. The topological polar surface area (TPSA) is 34.5 Å². The Morgan fingerprint density at radius 2 is 2.42 bits per heavy atom. The fraction of sp³-hybridized carbons (Fsp3) is 0.333. The minimum Gasteiger partial charge on any atom is -0.396 e. The van der Waals surface area contributed by atoms with E-state index >= 15 is 0 Å². The van der Waals surface area contributed by atoms with Crippen LogP contribution < -0.4 is 0 Å². The molecule has 0 saturated carbocycles. The first kappa shape index (κ1) is 8.71. The van der Waals surface area contributed by atoms with Gasteiger partial charge in [0.2, 0.25) is 0 Å². The van der Waals surface area contributed by atoms with Gasteiger partial charge in [-0.25, -0.2) is 0 Å². The standard InChI is InChI=1S/C9H12N2O/c1-3-12-11-7-9-5-4-8(2)10-6-9/h4-7H,3H2,1-2H3. The van der Waals surface area contributed by atoms with Crippen molar-refractivity contribution in [1.29, 1.82) is 0 Å². The van der Waals surface area contributed by atoms with E-state index in [0.717, 1.165) is 11.3 Å². The van der Waals surface area contributed by atoms with Gasteiger partial charge in [-0.2, -0.15) is 0 Å². The average molecular weight is 164 g/mol. The second-order valence-electron chi connectivity index (χ2n) is 2.39. The number of oxime groups is 1. The molecule has 0 atom stereocenters. The molecule has 0 aliphatic rings. The predicted molar refractivity (Wildman–Crippen MR) is 48.2 cm³/mol. The Morgan fingerprint density at radius 1 is 1.58 bits per heavy atom. The van der Waals surface area contributed by atoms with E-state index in [9.17, 15) is 0 Å². The highest BCUT2D eigenvalue weighted by atomic mass is 16.6. The van der Waals surface area contributed by atoms with Crippen molar-refractivity contribution in [2.45, 2.75) is 13.8 Å². The summed E-state index contributed by atoms with van der Waals surface area (Å²) in [6.07, 6.45) is 3.41. The first-order valence-corrected chi connectivity index (χ1v) is 3.91. The van der Waals surface area contributed by atoms with Crippen molar-refractivity contribution >= 4 is 6.21 Å². The van der Waals surface area contributed by atoms with Gasteiger partial charge >= 0.3 is 0 Å². The lowest BCUT2D eigenvalue weighted by molar-refractivity contribution is 0.160. The second kappa shape index (κ2) is 4.49. The van der Waals surface area contributed by atoms with E-state index < -0.39 is 0 Å². The van der Waals surface area contributed by atoms with Gasteiger partial charge in [0.1, 0.15) is 6.61 Å². The Hall–Kier alpha value is -1.38. The molecular formula is C9H12N2O. The van der Waals surface area contributed by atoms with Crippen LogP contribution in [0.15, 0.2) is 23.5 Å². The fourth-order valence-electron chi connectivity index (χ4n) is 0.728. The molecule has 12 heavy (non-hydrogen) atoms. The molecule has 1 heterocycles. The highest BCUT2D eigenvalue weighted by Gasteiger charge is 1.87. The first-order chi connectivity index (χ1) is 5.83. The zero-order valence-electron chi connectivity index (χ0n) is 7.32. The zero-order valence-corrected chi connectivity index (χ0v) is 7.32. The van der Waals surface area contributed by atoms with E-state index in [2.05, 4.69) is 10.1 Å². The van der Waals surface area contributed by atoms with E-state index in [1.165, 1.54) is 0 Å². The first-order valence-electron chi connectivity index (χ1n) is 3.91. The molecule has 0 radical (unpaired) electrons. The van der Waals surface area contributed by atoms with Crippen molar-refractivity contribution in [2.24, 2.45) is 5.16 Å². The van der Waals surface area contributed by atoms with Crippen LogP contribution in [0.1, 0.15) is 18.2 Å². The van der Waals surface area contributed by atoms with E-state index in [0.29, 0.717) is 6.61 Å². The zero-order chi connectivity index (χ0) is 8.81. The van der Waals surface area contributed by atoms with Crippen LogP contribution >= 0.6 is 0 Å². The molecule has 0 spiro atoms. The minimum atomic E-state index is 0.593. The Kier molecular flexibility index (Phi) is 3.26. The van der Waals surface area contributed by atoms with Crippen molar-refractivity contribution in [3.63, 3.8) is 0 Å². The normalized spacial score (nSPS) is 10.5. The lowest BCUT2D eigenvalue weighted by Gasteiger charge is -1.93. The maximum atomic E-state index is 4.81. The summed E-state index contributed by atoms with van der Waals surface area (Å²) in [4.78, 5) is 8.92. The molecular weight excluding hydrogens is 152 g/mol. The maximum absolute atomic E-state index is 4.81. The van der Waals surface area contributed by atoms with Crippen molar-refractivity contribution in [1.82, 2.24) is 4.98 Å². The van der Waals surface area contributed by atoms with Crippen molar-refractivity contribution in [3.05, 3.63) is 29.6 Å². The Bertz CT molecular complexity index is 254. The monoisotopic (exact) mass is 164 g/mol. The van der Waals surface area contributed by atoms with Crippen molar-refractivity contribution in [3.8, 4) is 0 Å². The molecule has 0 amide bonds. The van der Waals surface area contributed by atoms with Gasteiger partial charge in [-0.05, 0) is 26.0 Å². The maximum Gasteiger partial charge on any atom is 0.114 e. The van der Waals surface area contributed by atoms with E-state index in [1.807, 2.05) is 26.0 Å². The highest BCUT2D eigenvalue weighted by Crippen LogP contribution is 1.95. The number of rotatable bonds is 3. The lowest BCUT2D eigenvalue weighted by atomic mass is 10.3. The quantitative estimate of drug-likeness (QED) is 0.504. The molecule has 64 valence electrons. The smallest absolute Gasteiger partial charge is 0.114 e. The van der Waals surface area contributed by atoms with Gasteiger partial charge in [0.15, 0.2) is 0 Å². The molecule has 0 aliphatic heterocycles. The van der Waals surface area contributed by atoms with Crippen molar-refractivity contribution in [2.75, 3.05) is 6.61 Å². The number of aromatic nitrogens is 1. The summed E-state index contributed by atoms with van der Waals surface area (Å²) in [5, 5.41) is 3.72. The summed E-state index contributed by atoms with van der Waals surface area (Å²) in [6, 6.07) is 3.89. The van der Waals surface area contributed by atoms with Crippen LogP contribution in [0.2, 0.25) is 0 Å². The third kappa shape index (κ3) is 2.70. The molecule has 0 aromatic carbocycles. The van der Waals surface area contributed by atoms with Crippen LogP contribution in [0.25, 0.3) is 0 Å². The number of hydrogen-bond donors (Lipinski definition) is 0. The highest BCUT2D eigenvalue weighted by molar-refractivity contribution is 5.78. The molecule has 1 aromatic heterocycles. The van der Waals surface area contributed by atoms with E-state index in [1.54, 1.807) is 12.4 Å². The predicted octanol–water partition coefficient (Wildman–Crippen LogP) is 1.76. The Labute approximate surface area is 72.1 Å². The molecule has 1 rings (SSSR count). The molecule has 1 aromatic rings. The SMILES string of the molecule is CCON=Cc1ccc(C)nc1. The molecule has 3 heteroatoms. The van der Waals surface area contributed by atoms with Crippen LogP contribution in [0.3, 0.4) is 0 Å². The van der Waals surface area contributed by atoms with Gasteiger partial charge in [-0.3, -0.25) is 4.98 Å². The van der Waals surface area contributed by atoms with Crippen LogP contribution in [-0.4, -0.2) is 17.8 Å². The van der Waals surface area contributed by atoms with Gasteiger partial charge in [-0.15, -0.1) is 0 Å². The molecule has 0 saturated heterocycles. The number of aryl methyl sites for hydroxylation is 1. The third-order valence-electron chi connectivity index (χ3n) is 1.34. The van der Waals surface area contributed by atoms with Crippen LogP contribution in [0.4, 0.5) is 0 Å². The summed E-state index contributed by atoms with van der Waals surface area (Å²) < 4.78 is 0. The van der Waals surface area contributed by atoms with E-state index in [-0.39, 0.29) is 0 Å². The Morgan fingerprint density at radius 3 is 3.00 bits per heavy atom. The van der Waals surface area contributed by atoms with Crippen LogP contribution in [0, 0.1) is 6.92 Å². The fourth-order valence-corrected chi connectivity index (χ4v) is 0.728. The second-order valence-corrected chi connectivity index (χ2v) is 2.39. The number of pyridine rings is 1. The molecule has 3 nitrogen and oxygen atoms in total. The van der Waals surface area contributed by atoms with Gasteiger partial charge in [0.25, 0.3) is 0 Å². The summed E-state index contributed by atoms with van der Waals surface area (Å²) in [7, 11) is 0. The van der Waals surface area contributed by atoms with Gasteiger partial charge in [-0.1, -0.05) is 5.16 Å². The molecule has 0 bridgehead atoms. The molecule has 0 N–H and O–H groups in total. The van der Waals surface area contributed by atoms with Crippen molar-refractivity contribution < 1.29 is 4.84 Å². The third-order valence-corrected chi connectivity index (χ3v) is 1.34. The number of nitrogens with zero attached hydrogens (tertiary/aromatic N) is 2. The summed E-state index contributed by atoms with van der Waals surface area (Å²) in [6.45, 7) is 4.43. The minimum absolute atomic E-state index is 0.593. The van der Waals surface area contributed by atoms with E-state index in [4.69, 9.17) is 4.84 Å². The molecule has 0 aliphatic carbocycles. The summed E-state index contributed by atoms with van der Waals surface area (Å²) in [5.74, 6) is 0. The Balaban J connectivity index is 2.58. The summed E-state index contributed by atoms with van der Waals surface area (Å²) in [5.41, 5.74) is 1.96. The molecule has 0 fully saturated rings. The van der Waals surface area contributed by atoms with Gasteiger partial charge in [0, 0.05) is 17.5 Å². The number of hydrogen-bond acceptors (Lipinski definition) is 3. The van der Waals surface area contributed by atoms with Crippen LogP contribution in [0.5, 0.6) is 0 Å². The lowest BCUT2D eigenvalue weighted by Crippen LogP contribution is -1.87. The van der Waals surface area contributed by atoms with Gasteiger partial charge < -0.3 is 4.84 Å². The van der Waals surface area contributed by atoms with Crippen LogP contribution in [-0.2, 0) is 4.84 Å². The van der Waals surface area contributed by atoms with Gasteiger partial charge in [0.05, 0.1) is 6.21 Å². The summed E-state index contributed by atoms with van der Waals surface area (Å²) >= 11 is 0. The average Bonchev–Trinajstić information content (AvgIpc) is 2.09. The largest absolute Gasteiger partial charge is 0.396 e.